The Morgan fingerprint density at radius 2 is 1.68 bits per heavy atom. The quantitative estimate of drug-likeness (QED) is 0.837. The summed E-state index contributed by atoms with van der Waals surface area (Å²) in [5, 5.41) is 12.1. The summed E-state index contributed by atoms with van der Waals surface area (Å²) in [7, 11) is 0. The molecule has 0 aliphatic carbocycles. The molecule has 1 amide bonds. The molecule has 0 unspecified atom stereocenters. The van der Waals surface area contributed by atoms with Crippen LogP contribution in [-0.4, -0.2) is 29.2 Å². The fraction of sp³-hybridized carbons (Fsp3) is 0.412. The van der Waals surface area contributed by atoms with Gasteiger partial charge >= 0.3 is 5.97 Å². The fourth-order valence-electron chi connectivity index (χ4n) is 3.09. The minimum atomic E-state index is -0.993. The van der Waals surface area contributed by atoms with Gasteiger partial charge in [-0.1, -0.05) is 38.1 Å². The molecule has 2 aliphatic heterocycles. The fourth-order valence-corrected chi connectivity index (χ4v) is 3.09. The van der Waals surface area contributed by atoms with Crippen molar-refractivity contribution < 1.29 is 19.4 Å². The van der Waals surface area contributed by atoms with E-state index in [2.05, 4.69) is 19.2 Å². The normalized spacial score (nSPS) is 29.0. The lowest BCUT2D eigenvalue weighted by Crippen LogP contribution is -2.39. The van der Waals surface area contributed by atoms with Crippen LogP contribution in [0.2, 0.25) is 0 Å². The van der Waals surface area contributed by atoms with Crippen LogP contribution < -0.4 is 5.32 Å². The first-order valence-electron chi connectivity index (χ1n) is 7.45. The number of amides is 1. The van der Waals surface area contributed by atoms with E-state index in [-0.39, 0.29) is 5.91 Å². The van der Waals surface area contributed by atoms with Crippen LogP contribution in [0, 0.1) is 11.8 Å². The van der Waals surface area contributed by atoms with Gasteiger partial charge in [-0.2, -0.15) is 0 Å². The van der Waals surface area contributed by atoms with Crippen LogP contribution in [0.4, 0.5) is 5.69 Å². The molecule has 116 valence electrons. The average Bonchev–Trinajstić information content (AvgIpc) is 3.08. The molecule has 22 heavy (non-hydrogen) atoms. The van der Waals surface area contributed by atoms with Crippen LogP contribution in [-0.2, 0) is 14.3 Å². The number of carboxylic acid groups (broad SMARTS) is 1. The third-order valence-corrected chi connectivity index (χ3v) is 4.33. The van der Waals surface area contributed by atoms with Gasteiger partial charge in [0, 0.05) is 5.69 Å². The molecular formula is C17H19NO4. The van der Waals surface area contributed by atoms with Crippen molar-refractivity contribution in [2.75, 3.05) is 5.32 Å². The molecule has 0 radical (unpaired) electrons. The van der Waals surface area contributed by atoms with Gasteiger partial charge in [0.25, 0.3) is 0 Å². The van der Waals surface area contributed by atoms with E-state index in [9.17, 15) is 14.7 Å². The zero-order valence-corrected chi connectivity index (χ0v) is 12.5. The standard InChI is InChI=1S/C17H19NO4/c1-9(2)10-3-5-11(6-4-10)18-16(19)14-12-7-8-13(22-12)15(14)17(20)21/h3-9,12-15H,1-2H3,(H,18,19)(H,20,21)/t12-,13+,14+,15+/m1/s1. The summed E-state index contributed by atoms with van der Waals surface area (Å²) in [5.74, 6) is -2.37. The zero-order valence-electron chi connectivity index (χ0n) is 12.5. The average molecular weight is 301 g/mol. The Hall–Kier alpha value is -2.14. The number of carboxylic acids is 1. The van der Waals surface area contributed by atoms with E-state index in [0.717, 1.165) is 0 Å². The molecule has 2 N–H and O–H groups in total. The highest BCUT2D eigenvalue weighted by molar-refractivity contribution is 5.96. The first-order chi connectivity index (χ1) is 10.5. The number of fused-ring (bicyclic) bond motifs is 2. The van der Waals surface area contributed by atoms with Crippen LogP contribution in [0.5, 0.6) is 0 Å². The SMILES string of the molecule is CC(C)c1ccc(NC(=O)[C@@H]2[C@@H](C(=O)O)[C@@H]3C=C[C@H]2O3)cc1. The lowest BCUT2D eigenvalue weighted by molar-refractivity contribution is -0.145. The molecule has 5 nitrogen and oxygen atoms in total. The van der Waals surface area contributed by atoms with E-state index in [1.54, 1.807) is 12.2 Å². The van der Waals surface area contributed by atoms with Gasteiger partial charge < -0.3 is 15.2 Å². The largest absolute Gasteiger partial charge is 0.481 e. The number of benzene rings is 1. The van der Waals surface area contributed by atoms with Gasteiger partial charge in [-0.05, 0) is 23.6 Å². The summed E-state index contributed by atoms with van der Waals surface area (Å²) in [6, 6.07) is 7.61. The van der Waals surface area contributed by atoms with Gasteiger partial charge in [-0.15, -0.1) is 0 Å². The molecule has 1 fully saturated rings. The highest BCUT2D eigenvalue weighted by atomic mass is 16.5. The number of nitrogens with one attached hydrogen (secondary N) is 1. The molecule has 4 atom stereocenters. The van der Waals surface area contributed by atoms with Crippen LogP contribution in [0.3, 0.4) is 0 Å². The van der Waals surface area contributed by atoms with E-state index in [0.29, 0.717) is 11.6 Å². The Bertz CT molecular complexity index is 620. The Morgan fingerprint density at radius 3 is 2.23 bits per heavy atom. The third-order valence-electron chi connectivity index (χ3n) is 4.33. The summed E-state index contributed by atoms with van der Waals surface area (Å²) in [5.41, 5.74) is 1.86. The molecule has 2 bridgehead atoms. The zero-order chi connectivity index (χ0) is 15.9. The minimum Gasteiger partial charge on any atom is -0.481 e. The Labute approximate surface area is 129 Å². The predicted molar refractivity (Wildman–Crippen MR) is 81.6 cm³/mol. The van der Waals surface area contributed by atoms with Crippen molar-refractivity contribution in [2.24, 2.45) is 11.8 Å². The highest BCUT2D eigenvalue weighted by Crippen LogP contribution is 2.39. The van der Waals surface area contributed by atoms with E-state index < -0.39 is 30.0 Å². The molecule has 2 aliphatic rings. The van der Waals surface area contributed by atoms with Crippen molar-refractivity contribution in [3.05, 3.63) is 42.0 Å². The van der Waals surface area contributed by atoms with Crippen LogP contribution in [0.1, 0.15) is 25.3 Å². The number of carbonyl (C=O) groups excluding carboxylic acids is 1. The van der Waals surface area contributed by atoms with Gasteiger partial charge in [0.1, 0.15) is 5.92 Å². The Kier molecular flexibility index (Phi) is 3.74. The lowest BCUT2D eigenvalue weighted by atomic mass is 9.82. The van der Waals surface area contributed by atoms with Crippen molar-refractivity contribution >= 4 is 17.6 Å². The van der Waals surface area contributed by atoms with Crippen LogP contribution in [0.15, 0.2) is 36.4 Å². The first-order valence-corrected chi connectivity index (χ1v) is 7.45. The van der Waals surface area contributed by atoms with Crippen molar-refractivity contribution in [2.45, 2.75) is 32.0 Å². The van der Waals surface area contributed by atoms with Gasteiger partial charge in [0.05, 0.1) is 18.1 Å². The number of hydrogen-bond donors (Lipinski definition) is 2. The second-order valence-electron chi connectivity index (χ2n) is 6.11. The number of rotatable bonds is 4. The molecule has 0 spiro atoms. The van der Waals surface area contributed by atoms with Crippen molar-refractivity contribution in [3.8, 4) is 0 Å². The monoisotopic (exact) mass is 301 g/mol. The lowest BCUT2D eigenvalue weighted by Gasteiger charge is -2.21. The molecule has 0 saturated carbocycles. The van der Waals surface area contributed by atoms with E-state index >= 15 is 0 Å². The minimum absolute atomic E-state index is 0.304. The molecule has 2 heterocycles. The van der Waals surface area contributed by atoms with Crippen molar-refractivity contribution in [1.29, 1.82) is 0 Å². The third kappa shape index (κ3) is 2.52. The Morgan fingerprint density at radius 1 is 1.09 bits per heavy atom. The summed E-state index contributed by atoms with van der Waals surface area (Å²) in [6.07, 6.45) is 2.56. The topological polar surface area (TPSA) is 75.6 Å². The number of carbonyl (C=O) groups is 2. The summed E-state index contributed by atoms with van der Waals surface area (Å²) >= 11 is 0. The molecule has 5 heteroatoms. The number of hydrogen-bond acceptors (Lipinski definition) is 3. The van der Waals surface area contributed by atoms with Gasteiger partial charge in [0.15, 0.2) is 0 Å². The summed E-state index contributed by atoms with van der Waals surface area (Å²) in [4.78, 5) is 23.8. The number of ether oxygens (including phenoxy) is 1. The molecular weight excluding hydrogens is 282 g/mol. The van der Waals surface area contributed by atoms with E-state index in [1.807, 2.05) is 24.3 Å². The van der Waals surface area contributed by atoms with Crippen molar-refractivity contribution in [3.63, 3.8) is 0 Å². The van der Waals surface area contributed by atoms with Crippen LogP contribution in [0.25, 0.3) is 0 Å². The van der Waals surface area contributed by atoms with Gasteiger partial charge in [-0.25, -0.2) is 0 Å². The van der Waals surface area contributed by atoms with E-state index in [4.69, 9.17) is 4.74 Å². The molecule has 1 aromatic carbocycles. The molecule has 1 aromatic rings. The highest BCUT2D eigenvalue weighted by Gasteiger charge is 2.53. The molecule has 1 saturated heterocycles. The van der Waals surface area contributed by atoms with Gasteiger partial charge in [-0.3, -0.25) is 9.59 Å². The second-order valence-corrected chi connectivity index (χ2v) is 6.11. The summed E-state index contributed by atoms with van der Waals surface area (Å²) < 4.78 is 5.52. The van der Waals surface area contributed by atoms with E-state index in [1.165, 1.54) is 5.56 Å². The first kappa shape index (κ1) is 14.8. The maximum absolute atomic E-state index is 12.4. The summed E-state index contributed by atoms with van der Waals surface area (Å²) in [6.45, 7) is 4.20. The van der Waals surface area contributed by atoms with Gasteiger partial charge in [0.2, 0.25) is 5.91 Å². The number of aliphatic carboxylic acids is 1. The smallest absolute Gasteiger partial charge is 0.310 e. The maximum Gasteiger partial charge on any atom is 0.310 e. The maximum atomic E-state index is 12.4. The predicted octanol–water partition coefficient (Wildman–Crippen LogP) is 2.40. The molecule has 0 aromatic heterocycles. The molecule has 3 rings (SSSR count). The van der Waals surface area contributed by atoms with Crippen LogP contribution >= 0.6 is 0 Å². The Balaban J connectivity index is 1.74. The number of anilines is 1. The second kappa shape index (κ2) is 5.57. The van der Waals surface area contributed by atoms with Crippen molar-refractivity contribution in [1.82, 2.24) is 0 Å².